The summed E-state index contributed by atoms with van der Waals surface area (Å²) in [6.07, 6.45) is 2.40. The number of nitrogens with zero attached hydrogens (tertiary/aromatic N) is 1. The number of benzene rings is 3. The second-order valence-corrected chi connectivity index (χ2v) is 9.95. The molecule has 2 N–H and O–H groups in total. The molecule has 1 aliphatic rings. The molecule has 34 heavy (non-hydrogen) atoms. The molecule has 0 fully saturated rings. The van der Waals surface area contributed by atoms with Crippen LogP contribution in [0.1, 0.15) is 46.0 Å². The highest BCUT2D eigenvalue weighted by Gasteiger charge is 2.29. The number of carbonyl (C=O) groups is 2. The van der Waals surface area contributed by atoms with Gasteiger partial charge in [-0.3, -0.25) is 13.9 Å². The molecule has 0 atom stereocenters. The first kappa shape index (κ1) is 23.5. The van der Waals surface area contributed by atoms with E-state index in [0.717, 1.165) is 24.8 Å². The van der Waals surface area contributed by atoms with Crippen LogP contribution in [-0.4, -0.2) is 33.3 Å². The van der Waals surface area contributed by atoms with Gasteiger partial charge in [0, 0.05) is 18.7 Å². The van der Waals surface area contributed by atoms with Gasteiger partial charge in [-0.05, 0) is 67.3 Å². The van der Waals surface area contributed by atoms with Crippen LogP contribution in [0.2, 0.25) is 0 Å². The van der Waals surface area contributed by atoms with Gasteiger partial charge >= 0.3 is 0 Å². The van der Waals surface area contributed by atoms with Crippen molar-refractivity contribution in [3.63, 3.8) is 0 Å². The summed E-state index contributed by atoms with van der Waals surface area (Å²) in [6.45, 7) is 2.92. The van der Waals surface area contributed by atoms with E-state index in [1.54, 1.807) is 24.3 Å². The van der Waals surface area contributed by atoms with E-state index in [0.29, 0.717) is 35.6 Å². The third kappa shape index (κ3) is 4.82. The number of hydrogen-bond acceptors (Lipinski definition) is 4. The van der Waals surface area contributed by atoms with E-state index < -0.39 is 15.9 Å². The number of rotatable bonds is 7. The molecule has 0 radical (unpaired) electrons. The summed E-state index contributed by atoms with van der Waals surface area (Å²) in [5.74, 6) is -0.691. The minimum atomic E-state index is -3.75. The van der Waals surface area contributed by atoms with E-state index in [2.05, 4.69) is 10.6 Å². The molecule has 3 aromatic rings. The Balaban J connectivity index is 1.53. The van der Waals surface area contributed by atoms with Crippen molar-refractivity contribution in [1.29, 1.82) is 0 Å². The average molecular weight is 478 g/mol. The smallest absolute Gasteiger partial charge is 0.264 e. The summed E-state index contributed by atoms with van der Waals surface area (Å²) >= 11 is 0. The number of amides is 2. The molecule has 4 rings (SSSR count). The molecular weight excluding hydrogens is 450 g/mol. The molecule has 0 unspecified atom stereocenters. The second-order valence-electron chi connectivity index (χ2n) is 8.09. The number of fused-ring (bicyclic) bond motifs is 1. The van der Waals surface area contributed by atoms with Crippen molar-refractivity contribution in [3.8, 4) is 0 Å². The third-order valence-corrected chi connectivity index (χ3v) is 7.56. The maximum absolute atomic E-state index is 13.3. The summed E-state index contributed by atoms with van der Waals surface area (Å²) < 4.78 is 28.1. The Morgan fingerprint density at radius 2 is 1.62 bits per heavy atom. The summed E-state index contributed by atoms with van der Waals surface area (Å²) in [5.41, 5.74) is 2.76. The maximum Gasteiger partial charge on any atom is 0.264 e. The Morgan fingerprint density at radius 3 is 2.38 bits per heavy atom. The molecule has 1 aliphatic heterocycles. The molecular formula is C26H27N3O4S. The van der Waals surface area contributed by atoms with E-state index in [9.17, 15) is 18.0 Å². The van der Waals surface area contributed by atoms with Crippen LogP contribution in [0.5, 0.6) is 0 Å². The van der Waals surface area contributed by atoms with Crippen molar-refractivity contribution in [1.82, 2.24) is 5.32 Å². The molecule has 0 saturated heterocycles. The van der Waals surface area contributed by atoms with Crippen molar-refractivity contribution < 1.29 is 18.0 Å². The Kier molecular flexibility index (Phi) is 6.98. The van der Waals surface area contributed by atoms with Crippen molar-refractivity contribution in [3.05, 3.63) is 89.5 Å². The third-order valence-electron chi connectivity index (χ3n) is 5.73. The highest BCUT2D eigenvalue weighted by atomic mass is 32.2. The van der Waals surface area contributed by atoms with Crippen molar-refractivity contribution >= 4 is 33.2 Å². The number of anilines is 2. The zero-order valence-corrected chi connectivity index (χ0v) is 19.8. The van der Waals surface area contributed by atoms with Crippen LogP contribution in [0, 0.1) is 0 Å². The van der Waals surface area contributed by atoms with Gasteiger partial charge in [-0.25, -0.2) is 8.42 Å². The lowest BCUT2D eigenvalue weighted by atomic mass is 10.0. The Labute approximate surface area is 199 Å². The van der Waals surface area contributed by atoms with Gasteiger partial charge in [0.25, 0.3) is 21.8 Å². The lowest BCUT2D eigenvalue weighted by Crippen LogP contribution is -2.35. The SMILES string of the molecule is CCCNC(=O)c1ccccc1NC(=O)c1ccc(S(=O)(=O)N2CCCc3ccccc32)cc1. The van der Waals surface area contributed by atoms with Crippen LogP contribution in [0.3, 0.4) is 0 Å². The molecule has 0 aromatic heterocycles. The van der Waals surface area contributed by atoms with Crippen molar-refractivity contribution in [2.75, 3.05) is 22.7 Å². The van der Waals surface area contributed by atoms with Crippen LogP contribution in [0.4, 0.5) is 11.4 Å². The van der Waals surface area contributed by atoms with Crippen molar-refractivity contribution in [2.24, 2.45) is 0 Å². The first-order valence-corrected chi connectivity index (χ1v) is 12.7. The predicted molar refractivity (Wildman–Crippen MR) is 133 cm³/mol. The van der Waals surface area contributed by atoms with Gasteiger partial charge in [0.1, 0.15) is 0 Å². The number of nitrogens with one attached hydrogen (secondary N) is 2. The molecule has 0 aliphatic carbocycles. The minimum Gasteiger partial charge on any atom is -0.352 e. The normalized spacial score (nSPS) is 13.1. The molecule has 1 heterocycles. The topological polar surface area (TPSA) is 95.6 Å². The maximum atomic E-state index is 13.3. The zero-order valence-electron chi connectivity index (χ0n) is 19.0. The Morgan fingerprint density at radius 1 is 0.912 bits per heavy atom. The summed E-state index contributed by atoms with van der Waals surface area (Å²) in [4.78, 5) is 25.4. The summed E-state index contributed by atoms with van der Waals surface area (Å²) in [5, 5.41) is 5.56. The first-order chi connectivity index (χ1) is 16.4. The van der Waals surface area contributed by atoms with Crippen LogP contribution < -0.4 is 14.9 Å². The summed E-state index contributed by atoms with van der Waals surface area (Å²) in [6, 6.07) is 20.1. The molecule has 2 amide bonds. The Hall–Kier alpha value is -3.65. The fourth-order valence-electron chi connectivity index (χ4n) is 3.97. The quantitative estimate of drug-likeness (QED) is 0.533. The van der Waals surface area contributed by atoms with E-state index in [1.807, 2.05) is 31.2 Å². The molecule has 0 bridgehead atoms. The summed E-state index contributed by atoms with van der Waals surface area (Å²) in [7, 11) is -3.75. The van der Waals surface area contributed by atoms with E-state index in [-0.39, 0.29) is 10.8 Å². The van der Waals surface area contributed by atoms with Gasteiger partial charge < -0.3 is 10.6 Å². The van der Waals surface area contributed by atoms with Crippen LogP contribution in [0.15, 0.2) is 77.7 Å². The van der Waals surface area contributed by atoms with Gasteiger partial charge in [-0.1, -0.05) is 37.3 Å². The number of carbonyl (C=O) groups excluding carboxylic acids is 2. The van der Waals surface area contributed by atoms with Crippen LogP contribution in [0.25, 0.3) is 0 Å². The fraction of sp³-hybridized carbons (Fsp3) is 0.231. The van der Waals surface area contributed by atoms with Crippen LogP contribution >= 0.6 is 0 Å². The van der Waals surface area contributed by atoms with Gasteiger partial charge in [0.15, 0.2) is 0 Å². The van der Waals surface area contributed by atoms with E-state index in [4.69, 9.17) is 0 Å². The monoisotopic (exact) mass is 477 g/mol. The number of aryl methyl sites for hydroxylation is 1. The molecule has 0 saturated carbocycles. The minimum absolute atomic E-state index is 0.125. The van der Waals surface area contributed by atoms with Crippen LogP contribution in [-0.2, 0) is 16.4 Å². The zero-order chi connectivity index (χ0) is 24.1. The highest BCUT2D eigenvalue weighted by Crippen LogP contribution is 2.31. The fourth-order valence-corrected chi connectivity index (χ4v) is 5.51. The predicted octanol–water partition coefficient (Wildman–Crippen LogP) is 4.22. The standard InChI is InChI=1S/C26H27N3O4S/c1-2-17-27-26(31)22-10-4-5-11-23(22)28-25(30)20-13-15-21(16-14-20)34(32,33)29-18-7-9-19-8-3-6-12-24(19)29/h3-6,8,10-16H,2,7,9,17-18H2,1H3,(H,27,31)(H,28,30). The number of hydrogen-bond donors (Lipinski definition) is 2. The molecule has 8 heteroatoms. The number of sulfonamides is 1. The number of para-hydroxylation sites is 2. The van der Waals surface area contributed by atoms with Gasteiger partial charge in [0.2, 0.25) is 0 Å². The van der Waals surface area contributed by atoms with Gasteiger partial charge in [-0.2, -0.15) is 0 Å². The molecule has 176 valence electrons. The van der Waals surface area contributed by atoms with Crippen molar-refractivity contribution in [2.45, 2.75) is 31.1 Å². The Bertz CT molecular complexity index is 1300. The molecule has 7 nitrogen and oxygen atoms in total. The lowest BCUT2D eigenvalue weighted by Gasteiger charge is -2.30. The molecule has 0 spiro atoms. The first-order valence-electron chi connectivity index (χ1n) is 11.3. The average Bonchev–Trinajstić information content (AvgIpc) is 2.87. The van der Waals surface area contributed by atoms with E-state index >= 15 is 0 Å². The molecule has 3 aromatic carbocycles. The van der Waals surface area contributed by atoms with Gasteiger partial charge in [0.05, 0.1) is 21.8 Å². The lowest BCUT2D eigenvalue weighted by molar-refractivity contribution is 0.0954. The van der Waals surface area contributed by atoms with E-state index in [1.165, 1.54) is 28.6 Å². The largest absolute Gasteiger partial charge is 0.352 e. The van der Waals surface area contributed by atoms with Gasteiger partial charge in [-0.15, -0.1) is 0 Å². The highest BCUT2D eigenvalue weighted by molar-refractivity contribution is 7.92. The second kappa shape index (κ2) is 10.1.